The highest BCUT2D eigenvalue weighted by molar-refractivity contribution is 6.01. The molecule has 0 bridgehead atoms. The number of aryl methyl sites for hydroxylation is 1. The topological polar surface area (TPSA) is 78.2 Å². The maximum atomic E-state index is 11.5. The molecule has 0 aliphatic carbocycles. The molecule has 0 spiro atoms. The molecule has 5 nitrogen and oxygen atoms in total. The third-order valence-electron chi connectivity index (χ3n) is 2.44. The average Bonchev–Trinajstić information content (AvgIpc) is 2.35. The lowest BCUT2D eigenvalue weighted by atomic mass is 10.0. The van der Waals surface area contributed by atoms with Crippen LogP contribution in [-0.4, -0.2) is 17.8 Å². The van der Waals surface area contributed by atoms with Gasteiger partial charge in [0.15, 0.2) is 0 Å². The Bertz CT molecular complexity index is 524. The summed E-state index contributed by atoms with van der Waals surface area (Å²) in [6, 6.07) is 3.44. The smallest absolute Gasteiger partial charge is 0.266 e. The van der Waals surface area contributed by atoms with Crippen LogP contribution in [0.4, 0.5) is 0 Å². The number of oxime groups is 1. The molecule has 0 radical (unpaired) electrons. The van der Waals surface area contributed by atoms with Gasteiger partial charge in [0.05, 0.1) is 5.71 Å². The third kappa shape index (κ3) is 2.72. The van der Waals surface area contributed by atoms with Crippen LogP contribution in [-0.2, 0) is 11.3 Å². The Kier molecular flexibility index (Phi) is 4.46. The van der Waals surface area contributed by atoms with Crippen molar-refractivity contribution in [1.82, 2.24) is 4.98 Å². The van der Waals surface area contributed by atoms with Crippen LogP contribution in [0.2, 0.25) is 0 Å². The van der Waals surface area contributed by atoms with E-state index in [-0.39, 0.29) is 11.1 Å². The van der Waals surface area contributed by atoms with Gasteiger partial charge in [0.2, 0.25) is 0 Å². The van der Waals surface area contributed by atoms with Crippen molar-refractivity contribution >= 4 is 5.71 Å². The van der Waals surface area contributed by atoms with E-state index < -0.39 is 0 Å². The second-order valence-electron chi connectivity index (χ2n) is 3.44. The first kappa shape index (κ1) is 13.0. The number of H-pyrrole nitrogens is 1. The zero-order valence-corrected chi connectivity index (χ0v) is 10.2. The highest BCUT2D eigenvalue weighted by atomic mass is 16.6. The molecule has 0 fully saturated rings. The first-order chi connectivity index (χ1) is 8.17. The number of aromatic amines is 1. The van der Waals surface area contributed by atoms with Gasteiger partial charge in [-0.3, -0.25) is 4.79 Å². The van der Waals surface area contributed by atoms with Crippen LogP contribution in [0.5, 0.6) is 0 Å². The Labute approximate surface area is 99.7 Å². The van der Waals surface area contributed by atoms with Crippen molar-refractivity contribution in [1.29, 1.82) is 5.26 Å². The molecule has 90 valence electrons. The fourth-order valence-electron chi connectivity index (χ4n) is 1.60. The van der Waals surface area contributed by atoms with Gasteiger partial charge in [-0.2, -0.15) is 5.26 Å². The van der Waals surface area contributed by atoms with Crippen molar-refractivity contribution in [2.75, 3.05) is 7.11 Å². The van der Waals surface area contributed by atoms with Gasteiger partial charge < -0.3 is 9.82 Å². The summed E-state index contributed by atoms with van der Waals surface area (Å²) in [4.78, 5) is 19.0. The molecule has 1 aromatic heterocycles. The maximum absolute atomic E-state index is 11.5. The van der Waals surface area contributed by atoms with Crippen molar-refractivity contribution in [2.24, 2.45) is 5.16 Å². The predicted octanol–water partition coefficient (Wildman–Crippen LogP) is 1.57. The minimum absolute atomic E-state index is 0.0921. The van der Waals surface area contributed by atoms with Gasteiger partial charge >= 0.3 is 0 Å². The third-order valence-corrected chi connectivity index (χ3v) is 2.44. The molecule has 5 heteroatoms. The second kappa shape index (κ2) is 5.85. The van der Waals surface area contributed by atoms with Crippen LogP contribution in [0, 0.1) is 11.3 Å². The number of aromatic nitrogens is 1. The minimum Gasteiger partial charge on any atom is -0.399 e. The van der Waals surface area contributed by atoms with Crippen molar-refractivity contribution in [3.63, 3.8) is 0 Å². The number of nitrogens with one attached hydrogen (secondary N) is 1. The molecular weight excluding hydrogens is 218 g/mol. The van der Waals surface area contributed by atoms with Crippen LogP contribution in [0.15, 0.2) is 16.0 Å². The maximum Gasteiger partial charge on any atom is 0.266 e. The normalized spacial score (nSPS) is 11.1. The van der Waals surface area contributed by atoms with Gasteiger partial charge in [0, 0.05) is 11.3 Å². The molecule has 1 rings (SSSR count). The van der Waals surface area contributed by atoms with Gasteiger partial charge in [-0.1, -0.05) is 19.0 Å². The monoisotopic (exact) mass is 233 g/mol. The molecule has 0 amide bonds. The number of hydrogen-bond acceptors (Lipinski definition) is 4. The fraction of sp³-hybridized carbons (Fsp3) is 0.417. The lowest BCUT2D eigenvalue weighted by Gasteiger charge is -2.08. The van der Waals surface area contributed by atoms with Gasteiger partial charge in [-0.15, -0.1) is 0 Å². The number of rotatable bonds is 4. The summed E-state index contributed by atoms with van der Waals surface area (Å²) in [6.07, 6.45) is 1.33. The average molecular weight is 233 g/mol. The van der Waals surface area contributed by atoms with E-state index in [1.54, 1.807) is 6.07 Å². The van der Waals surface area contributed by atoms with Gasteiger partial charge in [-0.05, 0) is 18.9 Å². The van der Waals surface area contributed by atoms with E-state index in [2.05, 4.69) is 10.1 Å². The summed E-state index contributed by atoms with van der Waals surface area (Å²) >= 11 is 0. The van der Waals surface area contributed by atoms with Crippen molar-refractivity contribution < 1.29 is 4.84 Å². The summed E-state index contributed by atoms with van der Waals surface area (Å²) < 4.78 is 0. The van der Waals surface area contributed by atoms with Crippen LogP contribution in [0.25, 0.3) is 0 Å². The van der Waals surface area contributed by atoms with Gasteiger partial charge in [0.1, 0.15) is 18.7 Å². The SMILES string of the molecule is CC/C(=N\OC)c1cc(C#N)c(=O)[nH]c1CC. The zero-order valence-electron chi connectivity index (χ0n) is 10.2. The molecule has 1 aromatic rings. The quantitative estimate of drug-likeness (QED) is 0.633. The lowest BCUT2D eigenvalue weighted by Crippen LogP contribution is -2.17. The van der Waals surface area contributed by atoms with Crippen LogP contribution in [0.3, 0.4) is 0 Å². The van der Waals surface area contributed by atoms with Crippen molar-refractivity contribution in [2.45, 2.75) is 26.7 Å². The largest absolute Gasteiger partial charge is 0.399 e. The molecule has 0 unspecified atom stereocenters. The summed E-state index contributed by atoms with van der Waals surface area (Å²) in [5.41, 5.74) is 1.99. The lowest BCUT2D eigenvalue weighted by molar-refractivity contribution is 0.213. The Balaban J connectivity index is 3.46. The molecule has 1 heterocycles. The van der Waals surface area contributed by atoms with Crippen molar-refractivity contribution in [3.8, 4) is 6.07 Å². The molecule has 0 aliphatic rings. The molecule has 0 aliphatic heterocycles. The molecule has 0 aromatic carbocycles. The number of nitriles is 1. The summed E-state index contributed by atoms with van der Waals surface area (Å²) in [5, 5.41) is 12.8. The molecule has 0 saturated carbocycles. The second-order valence-corrected chi connectivity index (χ2v) is 3.44. The summed E-state index contributed by atoms with van der Waals surface area (Å²) in [6.45, 7) is 3.87. The van der Waals surface area contributed by atoms with Crippen molar-refractivity contribution in [3.05, 3.63) is 33.2 Å². The van der Waals surface area contributed by atoms with Crippen LogP contribution >= 0.6 is 0 Å². The number of pyridine rings is 1. The standard InChI is InChI=1S/C12H15N3O2/c1-4-10-9(11(5-2)15-17-3)6-8(7-13)12(16)14-10/h6H,4-5H2,1-3H3,(H,14,16)/b15-11+. The van der Waals surface area contributed by atoms with Crippen LogP contribution < -0.4 is 5.56 Å². The van der Waals surface area contributed by atoms with E-state index >= 15 is 0 Å². The molecular formula is C12H15N3O2. The zero-order chi connectivity index (χ0) is 12.8. The highest BCUT2D eigenvalue weighted by Gasteiger charge is 2.12. The van der Waals surface area contributed by atoms with E-state index in [1.165, 1.54) is 7.11 Å². The number of nitrogens with zero attached hydrogens (tertiary/aromatic N) is 2. The van der Waals surface area contributed by atoms with Crippen LogP contribution in [0.1, 0.15) is 37.1 Å². The highest BCUT2D eigenvalue weighted by Crippen LogP contribution is 2.11. The first-order valence-corrected chi connectivity index (χ1v) is 5.44. The molecule has 0 saturated heterocycles. The van der Waals surface area contributed by atoms with E-state index in [0.29, 0.717) is 12.8 Å². The van der Waals surface area contributed by atoms with E-state index in [9.17, 15) is 4.79 Å². The summed E-state index contributed by atoms with van der Waals surface area (Å²) in [7, 11) is 1.47. The Morgan fingerprint density at radius 1 is 1.59 bits per heavy atom. The molecule has 1 N–H and O–H groups in total. The summed E-state index contributed by atoms with van der Waals surface area (Å²) in [5.74, 6) is 0. The number of hydrogen-bond donors (Lipinski definition) is 1. The van der Waals surface area contributed by atoms with E-state index in [0.717, 1.165) is 17.0 Å². The first-order valence-electron chi connectivity index (χ1n) is 5.44. The van der Waals surface area contributed by atoms with Gasteiger partial charge in [0.25, 0.3) is 5.56 Å². The van der Waals surface area contributed by atoms with E-state index in [4.69, 9.17) is 10.1 Å². The fourth-order valence-corrected chi connectivity index (χ4v) is 1.60. The minimum atomic E-state index is -0.360. The Hall–Kier alpha value is -2.09. The Morgan fingerprint density at radius 2 is 2.29 bits per heavy atom. The molecule has 17 heavy (non-hydrogen) atoms. The predicted molar refractivity (Wildman–Crippen MR) is 65.0 cm³/mol. The Morgan fingerprint density at radius 3 is 2.76 bits per heavy atom. The van der Waals surface area contributed by atoms with E-state index in [1.807, 2.05) is 19.9 Å². The molecule has 0 atom stereocenters. The van der Waals surface area contributed by atoms with Gasteiger partial charge in [-0.25, -0.2) is 0 Å².